The average Bonchev–Trinajstić information content (AvgIpc) is 3.37. The molecule has 0 radical (unpaired) electrons. The number of para-hydroxylation sites is 1. The Morgan fingerprint density at radius 1 is 1.20 bits per heavy atom. The lowest BCUT2D eigenvalue weighted by atomic mass is 10.2. The number of carbonyl (C=O) groups excluding carboxylic acids is 1. The van der Waals surface area contributed by atoms with Crippen molar-refractivity contribution in [2.24, 2.45) is 0 Å². The molecule has 0 bridgehead atoms. The van der Waals surface area contributed by atoms with E-state index >= 15 is 0 Å². The normalized spacial score (nSPS) is 17.2. The minimum Gasteiger partial charge on any atom is -0.332 e. The predicted molar refractivity (Wildman–Crippen MR) is 92.4 cm³/mol. The molecule has 0 saturated carbocycles. The Labute approximate surface area is 145 Å². The van der Waals surface area contributed by atoms with Gasteiger partial charge >= 0.3 is 0 Å². The van der Waals surface area contributed by atoms with Gasteiger partial charge in [0.1, 0.15) is 0 Å². The first-order valence-electron chi connectivity index (χ1n) is 8.50. The highest BCUT2D eigenvalue weighted by atomic mass is 16.2. The van der Waals surface area contributed by atoms with E-state index in [1.54, 1.807) is 6.20 Å². The summed E-state index contributed by atoms with van der Waals surface area (Å²) in [6.07, 6.45) is 5.68. The van der Waals surface area contributed by atoms with E-state index in [2.05, 4.69) is 15.3 Å². The zero-order chi connectivity index (χ0) is 17.2. The van der Waals surface area contributed by atoms with E-state index in [0.717, 1.165) is 25.1 Å². The number of benzene rings is 1. The monoisotopic (exact) mass is 336 g/mol. The molecule has 7 heteroatoms. The first-order valence-corrected chi connectivity index (χ1v) is 8.50. The summed E-state index contributed by atoms with van der Waals surface area (Å²) in [4.78, 5) is 16.5. The maximum Gasteiger partial charge on any atom is 0.276 e. The first-order chi connectivity index (χ1) is 12.2. The van der Waals surface area contributed by atoms with Crippen molar-refractivity contribution in [2.75, 3.05) is 6.54 Å². The molecule has 1 saturated heterocycles. The molecule has 0 spiro atoms. The van der Waals surface area contributed by atoms with Gasteiger partial charge < -0.3 is 4.90 Å². The smallest absolute Gasteiger partial charge is 0.276 e. The minimum atomic E-state index is -0.0469. The molecule has 2 aromatic heterocycles. The van der Waals surface area contributed by atoms with Crippen molar-refractivity contribution < 1.29 is 4.79 Å². The van der Waals surface area contributed by atoms with Crippen LogP contribution in [0.15, 0.2) is 48.8 Å². The summed E-state index contributed by atoms with van der Waals surface area (Å²) in [6.45, 7) is 3.30. The van der Waals surface area contributed by atoms with E-state index in [-0.39, 0.29) is 11.9 Å². The van der Waals surface area contributed by atoms with Crippen molar-refractivity contribution in [3.8, 4) is 5.69 Å². The van der Waals surface area contributed by atoms with Crippen LogP contribution < -0.4 is 0 Å². The number of hydrogen-bond acceptors (Lipinski definition) is 4. The van der Waals surface area contributed by atoms with Gasteiger partial charge in [-0.25, -0.2) is 0 Å². The summed E-state index contributed by atoms with van der Waals surface area (Å²) in [6, 6.07) is 11.7. The van der Waals surface area contributed by atoms with Gasteiger partial charge in [-0.2, -0.15) is 15.0 Å². The minimum absolute atomic E-state index is 0.0469. The summed E-state index contributed by atoms with van der Waals surface area (Å²) >= 11 is 0. The largest absolute Gasteiger partial charge is 0.332 e. The summed E-state index contributed by atoms with van der Waals surface area (Å²) in [5.74, 6) is -0.0469. The van der Waals surface area contributed by atoms with Gasteiger partial charge in [-0.05, 0) is 38.0 Å². The van der Waals surface area contributed by atoms with Crippen molar-refractivity contribution in [3.05, 3.63) is 60.2 Å². The quantitative estimate of drug-likeness (QED) is 0.731. The molecular weight excluding hydrogens is 316 g/mol. The van der Waals surface area contributed by atoms with E-state index in [1.807, 2.05) is 59.1 Å². The third kappa shape index (κ3) is 3.05. The van der Waals surface area contributed by atoms with Crippen LogP contribution in [0.1, 0.15) is 29.0 Å². The molecule has 0 unspecified atom stereocenters. The van der Waals surface area contributed by atoms with E-state index in [0.29, 0.717) is 17.9 Å². The second-order valence-corrected chi connectivity index (χ2v) is 6.28. The standard InChI is InChI=1S/C18H20N6O/c1-14-17(21-24(20-14)15-7-3-2-4-8-15)18(25)23-12-5-9-16(23)13-22-11-6-10-19-22/h2-4,6-8,10-11,16H,5,9,12-13H2,1H3/t16-/m0/s1. The fraction of sp³-hybridized carbons (Fsp3) is 0.333. The van der Waals surface area contributed by atoms with Crippen LogP contribution in [0.4, 0.5) is 0 Å². The Balaban J connectivity index is 1.57. The number of nitrogens with zero attached hydrogens (tertiary/aromatic N) is 6. The van der Waals surface area contributed by atoms with Gasteiger partial charge in [0.25, 0.3) is 5.91 Å². The molecule has 1 aliphatic rings. The molecule has 1 aliphatic heterocycles. The van der Waals surface area contributed by atoms with Gasteiger partial charge in [-0.15, -0.1) is 5.10 Å². The SMILES string of the molecule is Cc1nn(-c2ccccc2)nc1C(=O)N1CCC[C@H]1Cn1cccn1. The molecule has 0 N–H and O–H groups in total. The lowest BCUT2D eigenvalue weighted by Gasteiger charge is -2.24. The van der Waals surface area contributed by atoms with Crippen molar-refractivity contribution >= 4 is 5.91 Å². The summed E-state index contributed by atoms with van der Waals surface area (Å²) in [5, 5.41) is 13.1. The number of aromatic nitrogens is 5. The zero-order valence-corrected chi connectivity index (χ0v) is 14.1. The molecule has 1 amide bonds. The molecule has 1 fully saturated rings. The van der Waals surface area contributed by atoms with Crippen LogP contribution in [-0.2, 0) is 6.54 Å². The molecule has 3 aromatic rings. The van der Waals surface area contributed by atoms with Crippen LogP contribution >= 0.6 is 0 Å². The van der Waals surface area contributed by atoms with Crippen LogP contribution in [0, 0.1) is 6.92 Å². The second kappa shape index (κ2) is 6.51. The van der Waals surface area contributed by atoms with Crippen LogP contribution in [-0.4, -0.2) is 48.2 Å². The highest BCUT2D eigenvalue weighted by molar-refractivity contribution is 5.93. The van der Waals surface area contributed by atoms with E-state index in [9.17, 15) is 4.79 Å². The van der Waals surface area contributed by atoms with Crippen molar-refractivity contribution in [3.63, 3.8) is 0 Å². The van der Waals surface area contributed by atoms with Gasteiger partial charge in [0.05, 0.1) is 24.0 Å². The Morgan fingerprint density at radius 3 is 2.80 bits per heavy atom. The lowest BCUT2D eigenvalue weighted by Crippen LogP contribution is -2.38. The fourth-order valence-corrected chi connectivity index (χ4v) is 3.31. The topological polar surface area (TPSA) is 68.8 Å². The van der Waals surface area contributed by atoms with Crippen molar-refractivity contribution in [2.45, 2.75) is 32.4 Å². The van der Waals surface area contributed by atoms with Gasteiger partial charge in [-0.1, -0.05) is 18.2 Å². The van der Waals surface area contributed by atoms with Gasteiger partial charge in [0, 0.05) is 18.9 Å². The Kier molecular flexibility index (Phi) is 4.05. The number of aryl methyl sites for hydroxylation is 1. The lowest BCUT2D eigenvalue weighted by molar-refractivity contribution is 0.0714. The van der Waals surface area contributed by atoms with E-state index in [4.69, 9.17) is 0 Å². The Hall–Kier alpha value is -2.96. The van der Waals surface area contributed by atoms with Crippen LogP contribution in [0.3, 0.4) is 0 Å². The first kappa shape index (κ1) is 15.6. The van der Waals surface area contributed by atoms with E-state index in [1.165, 1.54) is 4.80 Å². The summed E-state index contributed by atoms with van der Waals surface area (Å²) in [7, 11) is 0. The maximum absolute atomic E-state index is 13.0. The van der Waals surface area contributed by atoms with E-state index < -0.39 is 0 Å². The summed E-state index contributed by atoms with van der Waals surface area (Å²) in [5.41, 5.74) is 1.92. The van der Waals surface area contributed by atoms with Crippen molar-refractivity contribution in [1.29, 1.82) is 0 Å². The highest BCUT2D eigenvalue weighted by Crippen LogP contribution is 2.22. The molecule has 1 aromatic carbocycles. The Bertz CT molecular complexity index is 855. The second-order valence-electron chi connectivity index (χ2n) is 6.28. The number of hydrogen-bond donors (Lipinski definition) is 0. The number of amides is 1. The van der Waals surface area contributed by atoms with Gasteiger partial charge in [0.15, 0.2) is 5.69 Å². The molecule has 4 rings (SSSR count). The maximum atomic E-state index is 13.0. The molecule has 3 heterocycles. The van der Waals surface area contributed by atoms with Crippen LogP contribution in [0.2, 0.25) is 0 Å². The van der Waals surface area contributed by atoms with Gasteiger partial charge in [0.2, 0.25) is 0 Å². The molecule has 25 heavy (non-hydrogen) atoms. The molecular formula is C18H20N6O. The number of likely N-dealkylation sites (tertiary alicyclic amines) is 1. The van der Waals surface area contributed by atoms with Gasteiger partial charge in [-0.3, -0.25) is 9.48 Å². The van der Waals surface area contributed by atoms with Crippen LogP contribution in [0.5, 0.6) is 0 Å². The number of rotatable bonds is 4. The third-order valence-corrected chi connectivity index (χ3v) is 4.57. The highest BCUT2D eigenvalue weighted by Gasteiger charge is 2.32. The molecule has 0 aliphatic carbocycles. The molecule has 7 nitrogen and oxygen atoms in total. The Morgan fingerprint density at radius 2 is 2.04 bits per heavy atom. The predicted octanol–water partition coefficient (Wildman–Crippen LogP) is 2.08. The third-order valence-electron chi connectivity index (χ3n) is 4.57. The fourth-order valence-electron chi connectivity index (χ4n) is 3.31. The molecule has 1 atom stereocenters. The molecule has 128 valence electrons. The average molecular weight is 336 g/mol. The summed E-state index contributed by atoms with van der Waals surface area (Å²) < 4.78 is 1.88. The van der Waals surface area contributed by atoms with Crippen LogP contribution in [0.25, 0.3) is 5.69 Å². The zero-order valence-electron chi connectivity index (χ0n) is 14.1. The van der Waals surface area contributed by atoms with Crippen molar-refractivity contribution in [1.82, 2.24) is 29.7 Å². The number of carbonyl (C=O) groups is 1.